The largest absolute Gasteiger partial charge is 0.478 e. The van der Waals surface area contributed by atoms with Crippen molar-refractivity contribution < 1.29 is 19.4 Å². The molecule has 0 spiro atoms. The number of alkyl carbamates (subject to hydrolysis) is 1. The third-order valence-corrected chi connectivity index (χ3v) is 3.18. The van der Waals surface area contributed by atoms with E-state index in [0.717, 1.165) is 5.56 Å². The first kappa shape index (κ1) is 17.1. The van der Waals surface area contributed by atoms with Crippen LogP contribution >= 0.6 is 0 Å². The van der Waals surface area contributed by atoms with Gasteiger partial charge < -0.3 is 20.9 Å². The van der Waals surface area contributed by atoms with Crippen molar-refractivity contribution in [3.63, 3.8) is 0 Å². The quantitative estimate of drug-likeness (QED) is 0.708. The average molecular weight is 326 g/mol. The monoisotopic (exact) mass is 326 g/mol. The maximum absolute atomic E-state index is 11.6. The van der Waals surface area contributed by atoms with Gasteiger partial charge in [0.1, 0.15) is 6.61 Å². The first-order valence-electron chi connectivity index (χ1n) is 7.30. The summed E-state index contributed by atoms with van der Waals surface area (Å²) in [5.74, 6) is -1.06. The van der Waals surface area contributed by atoms with E-state index in [9.17, 15) is 9.59 Å². The molecular formula is C18H18N2O4. The number of carboxylic acids is 1. The fourth-order valence-electron chi connectivity index (χ4n) is 2.01. The van der Waals surface area contributed by atoms with Crippen LogP contribution in [0.2, 0.25) is 0 Å². The van der Waals surface area contributed by atoms with Gasteiger partial charge >= 0.3 is 12.1 Å². The number of nitrogens with one attached hydrogen (secondary N) is 1. The highest BCUT2D eigenvalue weighted by molar-refractivity contribution is 5.93. The Morgan fingerprint density at radius 2 is 1.92 bits per heavy atom. The number of rotatable bonds is 6. The molecule has 1 amide bonds. The molecule has 2 rings (SSSR count). The molecule has 4 N–H and O–H groups in total. The number of carbonyl (C=O) groups is 2. The number of nitrogens with two attached hydrogens (primary N) is 1. The van der Waals surface area contributed by atoms with Gasteiger partial charge in [0.15, 0.2) is 0 Å². The highest BCUT2D eigenvalue weighted by Crippen LogP contribution is 2.15. The van der Waals surface area contributed by atoms with Gasteiger partial charge in [-0.2, -0.15) is 0 Å². The molecule has 0 aliphatic rings. The van der Waals surface area contributed by atoms with E-state index in [2.05, 4.69) is 5.32 Å². The summed E-state index contributed by atoms with van der Waals surface area (Å²) in [6.07, 6.45) is 2.71. The van der Waals surface area contributed by atoms with E-state index >= 15 is 0 Å². The number of nitrogen functional groups attached to an aromatic ring is 1. The zero-order chi connectivity index (χ0) is 17.4. The summed E-state index contributed by atoms with van der Waals surface area (Å²) in [5, 5.41) is 11.7. The fraction of sp³-hybridized carbons (Fsp3) is 0.111. The summed E-state index contributed by atoms with van der Waals surface area (Å²) >= 11 is 0. The van der Waals surface area contributed by atoms with Crippen molar-refractivity contribution in [1.82, 2.24) is 5.32 Å². The van der Waals surface area contributed by atoms with E-state index < -0.39 is 12.1 Å². The van der Waals surface area contributed by atoms with Gasteiger partial charge in [-0.3, -0.25) is 0 Å². The first-order chi connectivity index (χ1) is 11.6. The highest BCUT2D eigenvalue weighted by atomic mass is 16.5. The van der Waals surface area contributed by atoms with Crippen molar-refractivity contribution in [2.24, 2.45) is 0 Å². The van der Waals surface area contributed by atoms with Crippen LogP contribution in [0, 0.1) is 0 Å². The van der Waals surface area contributed by atoms with Crippen LogP contribution in [0.15, 0.2) is 54.6 Å². The van der Waals surface area contributed by atoms with E-state index in [1.54, 1.807) is 24.3 Å². The molecule has 0 saturated heterocycles. The Kier molecular flexibility index (Phi) is 5.96. The van der Waals surface area contributed by atoms with Gasteiger partial charge in [0.2, 0.25) is 0 Å². The van der Waals surface area contributed by atoms with Gasteiger partial charge in [-0.25, -0.2) is 9.59 Å². The lowest BCUT2D eigenvalue weighted by Crippen LogP contribution is -2.24. The van der Waals surface area contributed by atoms with E-state index in [-0.39, 0.29) is 18.7 Å². The van der Waals surface area contributed by atoms with Gasteiger partial charge in [-0.05, 0) is 23.3 Å². The van der Waals surface area contributed by atoms with Crippen LogP contribution in [-0.4, -0.2) is 23.7 Å². The van der Waals surface area contributed by atoms with E-state index in [1.807, 2.05) is 30.3 Å². The lowest BCUT2D eigenvalue weighted by Gasteiger charge is -2.05. The number of benzene rings is 2. The van der Waals surface area contributed by atoms with Crippen molar-refractivity contribution >= 4 is 23.8 Å². The zero-order valence-electron chi connectivity index (χ0n) is 12.9. The second kappa shape index (κ2) is 8.38. The summed E-state index contributed by atoms with van der Waals surface area (Å²) in [6, 6.07) is 14.0. The second-order valence-corrected chi connectivity index (χ2v) is 5.00. The Hall–Kier alpha value is -3.28. The molecule has 2 aromatic carbocycles. The molecule has 0 radical (unpaired) electrons. The average Bonchev–Trinajstić information content (AvgIpc) is 2.58. The molecule has 6 nitrogen and oxygen atoms in total. The summed E-state index contributed by atoms with van der Waals surface area (Å²) in [6.45, 7) is 0.411. The van der Waals surface area contributed by atoms with Crippen LogP contribution < -0.4 is 11.1 Å². The maximum atomic E-state index is 11.6. The molecular weight excluding hydrogens is 308 g/mol. The Labute approximate surface area is 139 Å². The third-order valence-electron chi connectivity index (χ3n) is 3.18. The molecule has 0 heterocycles. The third kappa shape index (κ3) is 5.17. The van der Waals surface area contributed by atoms with Crippen LogP contribution in [0.1, 0.15) is 21.5 Å². The smallest absolute Gasteiger partial charge is 0.407 e. The minimum atomic E-state index is -1.06. The number of ether oxygens (including phenoxy) is 1. The number of aromatic carboxylic acids is 1. The topological polar surface area (TPSA) is 102 Å². The SMILES string of the molecule is Nc1ccc(C=CCNC(=O)OCc2ccccc2)c(C(=O)O)c1. The van der Waals surface area contributed by atoms with Gasteiger partial charge in [0.05, 0.1) is 5.56 Å². The van der Waals surface area contributed by atoms with Crippen LogP contribution in [0.4, 0.5) is 10.5 Å². The van der Waals surface area contributed by atoms with Gasteiger partial charge in [-0.1, -0.05) is 48.6 Å². The molecule has 0 aliphatic carbocycles. The number of carboxylic acid groups (broad SMARTS) is 1. The van der Waals surface area contributed by atoms with Gasteiger partial charge in [-0.15, -0.1) is 0 Å². The first-order valence-corrected chi connectivity index (χ1v) is 7.30. The lowest BCUT2D eigenvalue weighted by atomic mass is 10.1. The lowest BCUT2D eigenvalue weighted by molar-refractivity contribution is 0.0696. The number of hydrogen-bond acceptors (Lipinski definition) is 4. The molecule has 0 fully saturated rings. The van der Waals surface area contributed by atoms with Crippen LogP contribution in [0.3, 0.4) is 0 Å². The molecule has 0 bridgehead atoms. The van der Waals surface area contributed by atoms with E-state index in [4.69, 9.17) is 15.6 Å². The van der Waals surface area contributed by atoms with E-state index in [1.165, 1.54) is 6.07 Å². The Morgan fingerprint density at radius 3 is 2.62 bits per heavy atom. The highest BCUT2D eigenvalue weighted by Gasteiger charge is 2.08. The van der Waals surface area contributed by atoms with Crippen molar-refractivity contribution in [3.05, 3.63) is 71.3 Å². The predicted molar refractivity (Wildman–Crippen MR) is 91.5 cm³/mol. The molecule has 6 heteroatoms. The fourth-order valence-corrected chi connectivity index (χ4v) is 2.01. The molecule has 24 heavy (non-hydrogen) atoms. The normalized spacial score (nSPS) is 10.5. The Balaban J connectivity index is 1.82. The van der Waals surface area contributed by atoms with E-state index in [0.29, 0.717) is 11.3 Å². The minimum Gasteiger partial charge on any atom is -0.478 e. The molecule has 0 aliphatic heterocycles. The number of anilines is 1. The predicted octanol–water partition coefficient (Wildman–Crippen LogP) is 2.91. The van der Waals surface area contributed by atoms with Crippen LogP contribution in [0.5, 0.6) is 0 Å². The number of carbonyl (C=O) groups excluding carboxylic acids is 1. The maximum Gasteiger partial charge on any atom is 0.407 e. The molecule has 0 saturated carbocycles. The Bertz CT molecular complexity index is 742. The second-order valence-electron chi connectivity index (χ2n) is 5.00. The molecule has 2 aromatic rings. The molecule has 124 valence electrons. The number of amides is 1. The molecule has 0 atom stereocenters. The van der Waals surface area contributed by atoms with Crippen molar-refractivity contribution in [1.29, 1.82) is 0 Å². The summed E-state index contributed by atoms with van der Waals surface area (Å²) in [4.78, 5) is 22.7. The minimum absolute atomic E-state index is 0.109. The van der Waals surface area contributed by atoms with Gasteiger partial charge in [0.25, 0.3) is 0 Å². The summed E-state index contributed by atoms with van der Waals surface area (Å²) < 4.78 is 5.06. The zero-order valence-corrected chi connectivity index (χ0v) is 12.9. The molecule has 0 unspecified atom stereocenters. The van der Waals surface area contributed by atoms with Crippen LogP contribution in [0.25, 0.3) is 6.08 Å². The Morgan fingerprint density at radius 1 is 1.17 bits per heavy atom. The standard InChI is InChI=1S/C18H18N2O4/c19-15-9-8-14(16(11-15)17(21)22)7-4-10-20-18(23)24-12-13-5-2-1-3-6-13/h1-9,11H,10,12,19H2,(H,20,23)(H,21,22). The number of hydrogen-bond donors (Lipinski definition) is 3. The van der Waals surface area contributed by atoms with Crippen molar-refractivity contribution in [3.8, 4) is 0 Å². The molecule has 0 aromatic heterocycles. The summed E-state index contributed by atoms with van der Waals surface area (Å²) in [5.41, 5.74) is 7.48. The van der Waals surface area contributed by atoms with Gasteiger partial charge in [0, 0.05) is 12.2 Å². The van der Waals surface area contributed by atoms with Crippen molar-refractivity contribution in [2.75, 3.05) is 12.3 Å². The van der Waals surface area contributed by atoms with Crippen LogP contribution in [-0.2, 0) is 11.3 Å². The summed E-state index contributed by atoms with van der Waals surface area (Å²) in [7, 11) is 0. The van der Waals surface area contributed by atoms with Crippen molar-refractivity contribution in [2.45, 2.75) is 6.61 Å².